The molecule has 0 amide bonds. The molecule has 13 heteroatoms. The van der Waals surface area contributed by atoms with Gasteiger partial charge >= 0.3 is 12.4 Å². The molecule has 0 radical (unpaired) electrons. The third kappa shape index (κ3) is 5.18. The van der Waals surface area contributed by atoms with Crippen LogP contribution in [0, 0.1) is 0 Å². The minimum atomic E-state index is -5.03. The molecule has 1 aromatic heterocycles. The van der Waals surface area contributed by atoms with Crippen LogP contribution in [0.5, 0.6) is 5.88 Å². The average molecular weight is 540 g/mol. The van der Waals surface area contributed by atoms with Crippen molar-refractivity contribution in [2.75, 3.05) is 31.2 Å². The highest BCUT2D eigenvalue weighted by atomic mass is 32.1. The van der Waals surface area contributed by atoms with E-state index in [9.17, 15) is 31.4 Å². The van der Waals surface area contributed by atoms with E-state index in [1.54, 1.807) is 18.2 Å². The van der Waals surface area contributed by atoms with E-state index >= 15 is 0 Å². The highest BCUT2D eigenvalue weighted by Gasteiger charge is 2.38. The number of ether oxygens (including phenoxy) is 1. The van der Waals surface area contributed by atoms with Crippen molar-refractivity contribution < 1.29 is 36.2 Å². The Labute approximate surface area is 209 Å². The summed E-state index contributed by atoms with van der Waals surface area (Å²) in [5, 5.41) is 20.0. The predicted octanol–water partition coefficient (Wildman–Crippen LogP) is 4.13. The van der Waals surface area contributed by atoms with E-state index in [2.05, 4.69) is 15.2 Å². The number of aromatic nitrogens is 1. The lowest BCUT2D eigenvalue weighted by atomic mass is 9.94. The van der Waals surface area contributed by atoms with Gasteiger partial charge in [-0.1, -0.05) is 23.5 Å². The van der Waals surface area contributed by atoms with Gasteiger partial charge in [-0.15, -0.1) is 0 Å². The number of fused-ring (bicyclic) bond motifs is 1. The molecule has 1 N–H and O–H groups in total. The monoisotopic (exact) mass is 540 g/mol. The molecule has 3 heterocycles. The SMILES string of the molecule is Oc1nc(N2CCOCC2)sc1/C(Cc1ccc(C(F)(F)F)cc1C(F)(F)F)=c1\ccc2c(c1)C=NN=2. The highest BCUT2D eigenvalue weighted by molar-refractivity contribution is 7.17. The van der Waals surface area contributed by atoms with Crippen LogP contribution in [0.4, 0.5) is 31.5 Å². The molecule has 2 aromatic carbocycles. The van der Waals surface area contributed by atoms with Crippen molar-refractivity contribution in [1.82, 2.24) is 4.98 Å². The van der Waals surface area contributed by atoms with Crippen LogP contribution in [-0.2, 0) is 23.5 Å². The number of hydrogen-bond acceptors (Lipinski definition) is 7. The Morgan fingerprint density at radius 2 is 1.76 bits per heavy atom. The fourth-order valence-corrected chi connectivity index (χ4v) is 5.23. The van der Waals surface area contributed by atoms with Gasteiger partial charge in [0.15, 0.2) is 5.13 Å². The molecule has 194 valence electrons. The van der Waals surface area contributed by atoms with E-state index in [0.717, 1.165) is 17.4 Å². The Hall–Kier alpha value is -3.45. The molecule has 1 fully saturated rings. The molecule has 3 aromatic rings. The van der Waals surface area contributed by atoms with Crippen LogP contribution in [0.1, 0.15) is 27.1 Å². The molecule has 0 bridgehead atoms. The number of nitrogens with zero attached hydrogens (tertiary/aromatic N) is 4. The summed E-state index contributed by atoms with van der Waals surface area (Å²) in [5.74, 6) is -0.374. The zero-order valence-corrected chi connectivity index (χ0v) is 19.7. The maximum absolute atomic E-state index is 13.9. The van der Waals surface area contributed by atoms with E-state index in [0.29, 0.717) is 53.6 Å². The van der Waals surface area contributed by atoms with Crippen LogP contribution >= 0.6 is 11.3 Å². The molecule has 5 rings (SSSR count). The van der Waals surface area contributed by atoms with Gasteiger partial charge in [0, 0.05) is 25.1 Å². The average Bonchev–Trinajstić information content (AvgIpc) is 3.48. The summed E-state index contributed by atoms with van der Waals surface area (Å²) in [7, 11) is 0. The Kier molecular flexibility index (Phi) is 6.44. The molecular weight excluding hydrogens is 522 g/mol. The number of aromatic hydroxyl groups is 1. The molecule has 0 unspecified atom stereocenters. The quantitative estimate of drug-likeness (QED) is 0.506. The summed E-state index contributed by atoms with van der Waals surface area (Å²) in [5.41, 5.74) is -2.25. The zero-order valence-electron chi connectivity index (χ0n) is 18.9. The van der Waals surface area contributed by atoms with Crippen LogP contribution in [0.25, 0.3) is 5.57 Å². The summed E-state index contributed by atoms with van der Waals surface area (Å²) in [6.07, 6.45) is -8.88. The molecule has 2 aliphatic rings. The zero-order chi connectivity index (χ0) is 26.4. The molecule has 6 nitrogen and oxygen atoms in total. The van der Waals surface area contributed by atoms with Crippen molar-refractivity contribution in [3.8, 4) is 5.88 Å². The van der Waals surface area contributed by atoms with Crippen molar-refractivity contribution in [3.05, 3.63) is 74.1 Å². The lowest BCUT2D eigenvalue weighted by Crippen LogP contribution is -2.36. The first-order valence-corrected chi connectivity index (χ1v) is 11.9. The summed E-state index contributed by atoms with van der Waals surface area (Å²) in [6.45, 7) is 1.96. The summed E-state index contributed by atoms with van der Waals surface area (Å²) < 4.78 is 86.6. The molecular formula is C24H18F6N4O2S. The van der Waals surface area contributed by atoms with Crippen molar-refractivity contribution in [3.63, 3.8) is 0 Å². The summed E-state index contributed by atoms with van der Waals surface area (Å²) in [4.78, 5) is 6.34. The number of benzene rings is 2. The number of halogens is 6. The standard InChI is InChI=1S/C24H18F6N4O2S/c25-23(26,27)16-3-1-14(18(11-16)24(28,29)30)10-17(13-2-4-19-15(9-13)12-31-33-19)20-21(35)32-22(37-20)34-5-7-36-8-6-34/h1-4,9,11-12,35H,5-8,10H2/b17-13+. The van der Waals surface area contributed by atoms with Crippen LogP contribution in [0.15, 0.2) is 46.6 Å². The fraction of sp³-hybridized carbons (Fsp3) is 0.292. The molecule has 1 saturated heterocycles. The number of thiazole rings is 1. The maximum Gasteiger partial charge on any atom is 0.416 e. The van der Waals surface area contributed by atoms with E-state index in [-0.39, 0.29) is 28.0 Å². The van der Waals surface area contributed by atoms with Gasteiger partial charge in [0.25, 0.3) is 0 Å². The van der Waals surface area contributed by atoms with Crippen molar-refractivity contribution in [2.45, 2.75) is 18.8 Å². The third-order valence-electron chi connectivity index (χ3n) is 6.00. The van der Waals surface area contributed by atoms with Gasteiger partial charge in [0.1, 0.15) is 0 Å². The predicted molar refractivity (Wildman–Crippen MR) is 124 cm³/mol. The first kappa shape index (κ1) is 25.2. The summed E-state index contributed by atoms with van der Waals surface area (Å²) in [6, 6.07) is 6.49. The van der Waals surface area contributed by atoms with Gasteiger partial charge in [-0.2, -0.15) is 41.5 Å². The maximum atomic E-state index is 13.9. The molecule has 0 saturated carbocycles. The fourth-order valence-electron chi connectivity index (χ4n) is 4.15. The second-order valence-corrected chi connectivity index (χ2v) is 9.37. The van der Waals surface area contributed by atoms with Crippen molar-refractivity contribution >= 4 is 28.3 Å². The van der Waals surface area contributed by atoms with Gasteiger partial charge < -0.3 is 14.7 Å². The van der Waals surface area contributed by atoms with E-state index in [1.807, 2.05) is 4.90 Å². The summed E-state index contributed by atoms with van der Waals surface area (Å²) >= 11 is 1.10. The number of anilines is 1. The van der Waals surface area contributed by atoms with Crippen LogP contribution < -0.4 is 15.5 Å². The number of morpholine rings is 1. The van der Waals surface area contributed by atoms with Crippen LogP contribution in [-0.4, -0.2) is 42.6 Å². The van der Waals surface area contributed by atoms with Crippen molar-refractivity contribution in [1.29, 1.82) is 0 Å². The smallest absolute Gasteiger partial charge is 0.416 e. The minimum Gasteiger partial charge on any atom is -0.492 e. The molecule has 0 aliphatic carbocycles. The van der Waals surface area contributed by atoms with Gasteiger partial charge in [0.2, 0.25) is 5.88 Å². The normalized spacial score (nSPS) is 16.5. The largest absolute Gasteiger partial charge is 0.492 e. The Morgan fingerprint density at radius 3 is 2.46 bits per heavy atom. The van der Waals surface area contributed by atoms with Gasteiger partial charge in [-0.3, -0.25) is 0 Å². The van der Waals surface area contributed by atoms with Gasteiger partial charge in [0.05, 0.1) is 40.8 Å². The van der Waals surface area contributed by atoms with E-state index in [4.69, 9.17) is 4.74 Å². The lowest BCUT2D eigenvalue weighted by Gasteiger charge is -2.25. The molecule has 37 heavy (non-hydrogen) atoms. The van der Waals surface area contributed by atoms with E-state index in [1.165, 1.54) is 6.21 Å². The topological polar surface area (TPSA) is 70.3 Å². The Balaban J connectivity index is 1.67. The first-order valence-electron chi connectivity index (χ1n) is 11.1. The second-order valence-electron chi connectivity index (χ2n) is 8.39. The first-order chi connectivity index (χ1) is 17.5. The minimum absolute atomic E-state index is 0.118. The highest BCUT2D eigenvalue weighted by Crippen LogP contribution is 2.41. The lowest BCUT2D eigenvalue weighted by molar-refractivity contribution is -0.143. The number of hydrogen-bond donors (Lipinski definition) is 1. The Morgan fingerprint density at radius 1 is 1.00 bits per heavy atom. The van der Waals surface area contributed by atoms with Crippen LogP contribution in [0.2, 0.25) is 0 Å². The van der Waals surface area contributed by atoms with Gasteiger partial charge in [-0.25, -0.2) is 0 Å². The Bertz CT molecular complexity index is 1490. The third-order valence-corrected chi connectivity index (χ3v) is 7.17. The molecule has 2 aliphatic heterocycles. The van der Waals surface area contributed by atoms with Crippen LogP contribution in [0.3, 0.4) is 0 Å². The van der Waals surface area contributed by atoms with E-state index < -0.39 is 29.9 Å². The second kappa shape index (κ2) is 9.45. The molecule has 0 atom stereocenters. The number of rotatable bonds is 4. The number of alkyl halides is 6. The van der Waals surface area contributed by atoms with Crippen molar-refractivity contribution in [2.24, 2.45) is 10.2 Å². The molecule has 0 spiro atoms. The van der Waals surface area contributed by atoms with Gasteiger partial charge in [-0.05, 0) is 40.6 Å².